The Morgan fingerprint density at radius 3 is 2.36 bits per heavy atom. The van der Waals surface area contributed by atoms with Crippen LogP contribution in [0, 0.1) is 0 Å². The number of para-hydroxylation sites is 2. The maximum absolute atomic E-state index is 11.7. The van der Waals surface area contributed by atoms with E-state index in [2.05, 4.69) is 4.72 Å². The molecule has 1 aromatic rings. The molecule has 2 N–H and O–H groups in total. The average molecular weight is 213 g/mol. The molecule has 0 radical (unpaired) electrons. The second kappa shape index (κ2) is 4.00. The van der Waals surface area contributed by atoms with E-state index < -0.39 is 11.0 Å². The van der Waals surface area contributed by atoms with Crippen molar-refractivity contribution >= 4 is 16.7 Å². The van der Waals surface area contributed by atoms with Gasteiger partial charge >= 0.3 is 0 Å². The molecule has 0 aromatic heterocycles. The van der Waals surface area contributed by atoms with Gasteiger partial charge in [-0.2, -0.15) is 0 Å². The number of rotatable bonds is 2. The van der Waals surface area contributed by atoms with Crippen LogP contribution < -0.4 is 4.72 Å². The minimum absolute atomic E-state index is 0.116. The Bertz CT molecular complexity index is 344. The third-order valence-electron chi connectivity index (χ3n) is 1.66. The van der Waals surface area contributed by atoms with Gasteiger partial charge in [0.25, 0.3) is 0 Å². The summed E-state index contributed by atoms with van der Waals surface area (Å²) < 4.78 is 14.1. The van der Waals surface area contributed by atoms with Crippen molar-refractivity contribution in [3.63, 3.8) is 0 Å². The number of nitrogens with one attached hydrogen (secondary N) is 1. The summed E-state index contributed by atoms with van der Waals surface area (Å²) in [5.74, 6) is 0.116. The largest absolute Gasteiger partial charge is 0.506 e. The third kappa shape index (κ3) is 2.73. The number of hydrogen-bond acceptors (Lipinski definition) is 2. The lowest BCUT2D eigenvalue weighted by Gasteiger charge is -2.19. The first-order chi connectivity index (χ1) is 6.41. The summed E-state index contributed by atoms with van der Waals surface area (Å²) in [7, 11) is -1.21. The van der Waals surface area contributed by atoms with Gasteiger partial charge in [-0.15, -0.1) is 0 Å². The highest BCUT2D eigenvalue weighted by Gasteiger charge is 2.20. The maximum Gasteiger partial charge on any atom is 0.139 e. The molecule has 0 aliphatic heterocycles. The molecular formula is C10H15NO2S. The second-order valence-corrected chi connectivity index (χ2v) is 5.97. The molecule has 1 aromatic carbocycles. The van der Waals surface area contributed by atoms with Crippen LogP contribution in [0.15, 0.2) is 24.3 Å². The normalized spacial score (nSPS) is 13.6. The van der Waals surface area contributed by atoms with Gasteiger partial charge in [0.15, 0.2) is 0 Å². The van der Waals surface area contributed by atoms with Crippen LogP contribution in [0.25, 0.3) is 0 Å². The minimum atomic E-state index is -1.21. The molecule has 1 rings (SSSR count). The van der Waals surface area contributed by atoms with Gasteiger partial charge in [-0.25, -0.2) is 4.21 Å². The smallest absolute Gasteiger partial charge is 0.139 e. The van der Waals surface area contributed by atoms with Crippen LogP contribution in [-0.4, -0.2) is 14.1 Å². The Balaban J connectivity index is 2.80. The zero-order valence-electron chi connectivity index (χ0n) is 8.57. The van der Waals surface area contributed by atoms with Gasteiger partial charge in [-0.1, -0.05) is 12.1 Å². The highest BCUT2D eigenvalue weighted by molar-refractivity contribution is 7.87. The van der Waals surface area contributed by atoms with Crippen molar-refractivity contribution in [3.8, 4) is 5.75 Å². The molecule has 0 amide bonds. The molecule has 1 unspecified atom stereocenters. The van der Waals surface area contributed by atoms with Crippen LogP contribution in [0.5, 0.6) is 5.75 Å². The highest BCUT2D eigenvalue weighted by Crippen LogP contribution is 2.24. The molecule has 0 aliphatic carbocycles. The van der Waals surface area contributed by atoms with E-state index in [1.807, 2.05) is 20.8 Å². The van der Waals surface area contributed by atoms with Gasteiger partial charge in [-0.05, 0) is 32.9 Å². The predicted molar refractivity (Wildman–Crippen MR) is 59.6 cm³/mol. The van der Waals surface area contributed by atoms with Crippen molar-refractivity contribution in [1.82, 2.24) is 0 Å². The Labute approximate surface area is 86.7 Å². The third-order valence-corrected chi connectivity index (χ3v) is 3.18. The summed E-state index contributed by atoms with van der Waals surface area (Å²) in [5.41, 5.74) is 0.501. The van der Waals surface area contributed by atoms with E-state index in [-0.39, 0.29) is 10.5 Å². The maximum atomic E-state index is 11.7. The predicted octanol–water partition coefficient (Wildman–Crippen LogP) is 2.27. The van der Waals surface area contributed by atoms with Gasteiger partial charge in [0.05, 0.1) is 10.4 Å². The first-order valence-electron chi connectivity index (χ1n) is 4.38. The highest BCUT2D eigenvalue weighted by atomic mass is 32.2. The van der Waals surface area contributed by atoms with Crippen LogP contribution in [-0.2, 0) is 11.0 Å². The molecule has 0 fully saturated rings. The fourth-order valence-corrected chi connectivity index (χ4v) is 1.49. The van der Waals surface area contributed by atoms with Gasteiger partial charge < -0.3 is 9.83 Å². The SMILES string of the molecule is CC(C)(C)S(=O)Nc1ccccc1O. The molecule has 14 heavy (non-hydrogen) atoms. The minimum Gasteiger partial charge on any atom is -0.506 e. The average Bonchev–Trinajstić information content (AvgIpc) is 2.07. The first-order valence-corrected chi connectivity index (χ1v) is 5.53. The molecule has 0 saturated heterocycles. The lowest BCUT2D eigenvalue weighted by atomic mass is 10.3. The number of anilines is 1. The quantitative estimate of drug-likeness (QED) is 0.740. The number of hydrogen-bond donors (Lipinski definition) is 2. The molecule has 3 nitrogen and oxygen atoms in total. The van der Waals surface area contributed by atoms with E-state index in [0.717, 1.165) is 0 Å². The summed E-state index contributed by atoms with van der Waals surface area (Å²) in [6.45, 7) is 5.61. The Hall–Kier alpha value is -1.03. The summed E-state index contributed by atoms with van der Waals surface area (Å²) in [4.78, 5) is 0. The van der Waals surface area contributed by atoms with Gasteiger partial charge in [0.2, 0.25) is 0 Å². The van der Waals surface area contributed by atoms with E-state index in [1.165, 1.54) is 0 Å². The number of aromatic hydroxyl groups is 1. The van der Waals surface area contributed by atoms with Gasteiger partial charge in [0, 0.05) is 0 Å². The molecular weight excluding hydrogens is 198 g/mol. The summed E-state index contributed by atoms with van der Waals surface area (Å²) in [6, 6.07) is 6.75. The van der Waals surface area contributed by atoms with Crippen molar-refractivity contribution in [3.05, 3.63) is 24.3 Å². The van der Waals surface area contributed by atoms with Gasteiger partial charge in [-0.3, -0.25) is 0 Å². The Morgan fingerprint density at radius 2 is 1.86 bits per heavy atom. The van der Waals surface area contributed by atoms with Crippen LogP contribution in [0.4, 0.5) is 5.69 Å². The van der Waals surface area contributed by atoms with Gasteiger partial charge in [0.1, 0.15) is 16.7 Å². The van der Waals surface area contributed by atoms with E-state index >= 15 is 0 Å². The number of phenols is 1. The van der Waals surface area contributed by atoms with E-state index in [4.69, 9.17) is 0 Å². The number of phenolic OH excluding ortho intramolecular Hbond substituents is 1. The zero-order chi connectivity index (χ0) is 10.8. The van der Waals surface area contributed by atoms with E-state index in [1.54, 1.807) is 24.3 Å². The van der Waals surface area contributed by atoms with Crippen molar-refractivity contribution in [2.75, 3.05) is 4.72 Å². The summed E-state index contributed by atoms with van der Waals surface area (Å²) in [5, 5.41) is 9.43. The molecule has 1 atom stereocenters. The van der Waals surface area contributed by atoms with Crippen molar-refractivity contribution in [2.45, 2.75) is 25.5 Å². The summed E-state index contributed by atoms with van der Waals surface area (Å²) >= 11 is 0. The van der Waals surface area contributed by atoms with E-state index in [9.17, 15) is 9.32 Å². The number of benzene rings is 1. The molecule has 0 spiro atoms. The monoisotopic (exact) mass is 213 g/mol. The topological polar surface area (TPSA) is 49.3 Å². The van der Waals surface area contributed by atoms with E-state index in [0.29, 0.717) is 5.69 Å². The molecule has 4 heteroatoms. The van der Waals surface area contributed by atoms with Crippen molar-refractivity contribution < 1.29 is 9.32 Å². The molecule has 0 aliphatic rings. The van der Waals surface area contributed by atoms with Crippen LogP contribution >= 0.6 is 0 Å². The molecule has 78 valence electrons. The fraction of sp³-hybridized carbons (Fsp3) is 0.400. The van der Waals surface area contributed by atoms with Crippen LogP contribution in [0.1, 0.15) is 20.8 Å². The van der Waals surface area contributed by atoms with Crippen LogP contribution in [0.2, 0.25) is 0 Å². The van der Waals surface area contributed by atoms with Crippen molar-refractivity contribution in [1.29, 1.82) is 0 Å². The summed E-state index contributed by atoms with van der Waals surface area (Å²) in [6.07, 6.45) is 0. The molecule has 0 heterocycles. The first kappa shape index (κ1) is 11.0. The van der Waals surface area contributed by atoms with Crippen LogP contribution in [0.3, 0.4) is 0 Å². The molecule has 0 saturated carbocycles. The Morgan fingerprint density at radius 1 is 1.29 bits per heavy atom. The lowest BCUT2D eigenvalue weighted by molar-refractivity contribution is 0.478. The van der Waals surface area contributed by atoms with Crippen molar-refractivity contribution in [2.24, 2.45) is 0 Å². The second-order valence-electron chi connectivity index (χ2n) is 4.00. The zero-order valence-corrected chi connectivity index (χ0v) is 9.39. The lowest BCUT2D eigenvalue weighted by Crippen LogP contribution is -2.27. The Kier molecular flexibility index (Phi) is 3.16. The fourth-order valence-electron chi connectivity index (χ4n) is 0.813. The standard InChI is InChI=1S/C10H15NO2S/c1-10(2,3)14(13)11-8-6-4-5-7-9(8)12/h4-7,11-12H,1-3H3. The molecule has 0 bridgehead atoms.